The highest BCUT2D eigenvalue weighted by atomic mass is 16.6. The minimum absolute atomic E-state index is 0.189. The number of rotatable bonds is 2. The summed E-state index contributed by atoms with van der Waals surface area (Å²) < 4.78 is 4.53. The van der Waals surface area contributed by atoms with Crippen LogP contribution in [0.1, 0.15) is 0 Å². The van der Waals surface area contributed by atoms with E-state index < -0.39 is 18.1 Å². The lowest BCUT2D eigenvalue weighted by Crippen LogP contribution is -2.36. The second-order valence-electron chi connectivity index (χ2n) is 1.95. The highest BCUT2D eigenvalue weighted by Crippen LogP contribution is 1.98. The molecule has 2 amide bonds. The number of carbonyl (C=O) groups excluding carboxylic acids is 2. The van der Waals surface area contributed by atoms with Crippen molar-refractivity contribution in [1.82, 2.24) is 10.8 Å². The molecule has 11 heavy (non-hydrogen) atoms. The van der Waals surface area contributed by atoms with Crippen LogP contribution in [0.3, 0.4) is 0 Å². The zero-order valence-electron chi connectivity index (χ0n) is 5.92. The highest BCUT2D eigenvalue weighted by Gasteiger charge is 2.29. The Morgan fingerprint density at radius 2 is 2.64 bits per heavy atom. The molecule has 62 valence electrons. The summed E-state index contributed by atoms with van der Waals surface area (Å²) >= 11 is 0. The third-order valence-electron chi connectivity index (χ3n) is 1.18. The summed E-state index contributed by atoms with van der Waals surface area (Å²) in [5.74, 6) is -0.467. The van der Waals surface area contributed by atoms with Gasteiger partial charge in [0.2, 0.25) is 6.10 Å². The number of carbonyl (C=O) groups is 2. The van der Waals surface area contributed by atoms with Crippen LogP contribution in [0.25, 0.3) is 0 Å². The number of ether oxygens (including phenoxy) is 1. The molecule has 6 nitrogen and oxygen atoms in total. The molecule has 1 fully saturated rings. The van der Waals surface area contributed by atoms with Crippen LogP contribution in [0.15, 0.2) is 0 Å². The zero-order valence-corrected chi connectivity index (χ0v) is 5.92. The average molecular weight is 160 g/mol. The minimum Gasteiger partial charge on any atom is -0.434 e. The Morgan fingerprint density at radius 1 is 1.91 bits per heavy atom. The number of amides is 2. The Morgan fingerprint density at radius 3 is 3.09 bits per heavy atom. The number of cyclic esters (lactones) is 1. The van der Waals surface area contributed by atoms with Gasteiger partial charge in [-0.15, -0.1) is 0 Å². The summed E-state index contributed by atoms with van der Waals surface area (Å²) in [7, 11) is 1.31. The molecule has 0 saturated carbocycles. The normalized spacial score (nSPS) is 22.3. The van der Waals surface area contributed by atoms with Gasteiger partial charge in [-0.05, 0) is 0 Å². The van der Waals surface area contributed by atoms with Crippen molar-refractivity contribution < 1.29 is 19.2 Å². The Kier molecular flexibility index (Phi) is 2.27. The molecule has 6 heteroatoms. The van der Waals surface area contributed by atoms with E-state index in [4.69, 9.17) is 0 Å². The molecule has 2 N–H and O–H groups in total. The summed E-state index contributed by atoms with van der Waals surface area (Å²) in [6.45, 7) is 0.189. The summed E-state index contributed by atoms with van der Waals surface area (Å²) in [4.78, 5) is 25.6. The Labute approximate surface area is 62.8 Å². The SMILES string of the molecule is CONC(=O)C1CNC(=O)O1. The van der Waals surface area contributed by atoms with E-state index in [1.165, 1.54) is 7.11 Å². The maximum atomic E-state index is 10.8. The second kappa shape index (κ2) is 3.20. The molecule has 0 bridgehead atoms. The van der Waals surface area contributed by atoms with Gasteiger partial charge in [-0.2, -0.15) is 0 Å². The molecular formula is C5H8N2O4. The third kappa shape index (κ3) is 1.81. The van der Waals surface area contributed by atoms with E-state index in [1.807, 2.05) is 0 Å². The molecule has 1 saturated heterocycles. The first-order chi connectivity index (χ1) is 5.24. The number of hydrogen-bond donors (Lipinski definition) is 2. The van der Waals surface area contributed by atoms with E-state index in [9.17, 15) is 9.59 Å². The first-order valence-corrected chi connectivity index (χ1v) is 3.01. The van der Waals surface area contributed by atoms with Gasteiger partial charge >= 0.3 is 6.09 Å². The zero-order chi connectivity index (χ0) is 8.27. The topological polar surface area (TPSA) is 76.7 Å². The Bertz CT molecular complexity index is 181. The lowest BCUT2D eigenvalue weighted by atomic mass is 10.3. The molecule has 0 aromatic carbocycles. The van der Waals surface area contributed by atoms with Crippen molar-refractivity contribution in [1.29, 1.82) is 0 Å². The number of nitrogens with one attached hydrogen (secondary N) is 2. The molecule has 1 atom stereocenters. The predicted octanol–water partition coefficient (Wildman–Crippen LogP) is -1.23. The second-order valence-corrected chi connectivity index (χ2v) is 1.95. The van der Waals surface area contributed by atoms with Crippen molar-refractivity contribution in [3.8, 4) is 0 Å². The first-order valence-electron chi connectivity index (χ1n) is 3.01. The number of hydrogen-bond acceptors (Lipinski definition) is 4. The van der Waals surface area contributed by atoms with Gasteiger partial charge in [0.05, 0.1) is 13.7 Å². The van der Waals surface area contributed by atoms with Crippen molar-refractivity contribution in [2.24, 2.45) is 0 Å². The molecule has 0 radical (unpaired) electrons. The summed E-state index contributed by atoms with van der Waals surface area (Å²) in [5.41, 5.74) is 2.05. The van der Waals surface area contributed by atoms with Gasteiger partial charge in [0.15, 0.2) is 0 Å². The highest BCUT2D eigenvalue weighted by molar-refractivity contribution is 5.85. The summed E-state index contributed by atoms with van der Waals surface area (Å²) in [5, 5.41) is 2.33. The smallest absolute Gasteiger partial charge is 0.408 e. The number of alkyl carbamates (subject to hydrolysis) is 1. The monoisotopic (exact) mass is 160 g/mol. The maximum absolute atomic E-state index is 10.8. The molecular weight excluding hydrogens is 152 g/mol. The van der Waals surface area contributed by atoms with E-state index in [0.29, 0.717) is 0 Å². The van der Waals surface area contributed by atoms with Crippen molar-refractivity contribution in [2.75, 3.05) is 13.7 Å². The Balaban J connectivity index is 2.37. The van der Waals surface area contributed by atoms with E-state index in [0.717, 1.165) is 0 Å². The van der Waals surface area contributed by atoms with Crippen LogP contribution in [0.4, 0.5) is 4.79 Å². The molecule has 1 unspecified atom stereocenters. The first kappa shape index (κ1) is 7.80. The maximum Gasteiger partial charge on any atom is 0.408 e. The van der Waals surface area contributed by atoms with E-state index in [1.54, 1.807) is 0 Å². The van der Waals surface area contributed by atoms with Gasteiger partial charge in [-0.3, -0.25) is 9.63 Å². The molecule has 1 heterocycles. The molecule has 0 aromatic heterocycles. The molecule has 0 aliphatic carbocycles. The predicted molar refractivity (Wildman–Crippen MR) is 33.4 cm³/mol. The van der Waals surface area contributed by atoms with Crippen LogP contribution in [0.5, 0.6) is 0 Å². The van der Waals surface area contributed by atoms with E-state index >= 15 is 0 Å². The quantitative estimate of drug-likeness (QED) is 0.496. The van der Waals surface area contributed by atoms with Gasteiger partial charge in [0, 0.05) is 0 Å². The van der Waals surface area contributed by atoms with Crippen molar-refractivity contribution in [3.63, 3.8) is 0 Å². The van der Waals surface area contributed by atoms with Crippen LogP contribution in [0, 0.1) is 0 Å². The molecule has 1 aliphatic heterocycles. The van der Waals surface area contributed by atoms with E-state index in [2.05, 4.69) is 20.4 Å². The van der Waals surface area contributed by atoms with Gasteiger partial charge in [-0.25, -0.2) is 10.3 Å². The fourth-order valence-electron chi connectivity index (χ4n) is 0.701. The van der Waals surface area contributed by atoms with Gasteiger partial charge in [0.25, 0.3) is 5.91 Å². The lowest BCUT2D eigenvalue weighted by Gasteiger charge is -2.05. The summed E-state index contributed by atoms with van der Waals surface area (Å²) in [6.07, 6.45) is -1.36. The van der Waals surface area contributed by atoms with Crippen LogP contribution >= 0.6 is 0 Å². The average Bonchev–Trinajstić information content (AvgIpc) is 2.36. The standard InChI is InChI=1S/C5H8N2O4/c1-10-7-4(8)3-2-6-5(9)11-3/h3H,2H2,1H3,(H,6,9)(H,7,8). The van der Waals surface area contributed by atoms with Crippen molar-refractivity contribution in [3.05, 3.63) is 0 Å². The molecule has 0 spiro atoms. The third-order valence-corrected chi connectivity index (χ3v) is 1.18. The van der Waals surface area contributed by atoms with Crippen molar-refractivity contribution in [2.45, 2.75) is 6.10 Å². The number of hydroxylamine groups is 1. The van der Waals surface area contributed by atoms with Gasteiger partial charge < -0.3 is 10.1 Å². The van der Waals surface area contributed by atoms with Crippen LogP contribution in [0.2, 0.25) is 0 Å². The fourth-order valence-corrected chi connectivity index (χ4v) is 0.701. The van der Waals surface area contributed by atoms with E-state index in [-0.39, 0.29) is 6.54 Å². The lowest BCUT2D eigenvalue weighted by molar-refractivity contribution is -0.138. The van der Waals surface area contributed by atoms with Crippen LogP contribution in [-0.4, -0.2) is 31.8 Å². The van der Waals surface area contributed by atoms with Gasteiger partial charge in [-0.1, -0.05) is 0 Å². The summed E-state index contributed by atoms with van der Waals surface area (Å²) in [6, 6.07) is 0. The minimum atomic E-state index is -0.776. The van der Waals surface area contributed by atoms with Crippen molar-refractivity contribution >= 4 is 12.0 Å². The largest absolute Gasteiger partial charge is 0.434 e. The fraction of sp³-hybridized carbons (Fsp3) is 0.600. The Hall–Kier alpha value is -1.30. The van der Waals surface area contributed by atoms with Gasteiger partial charge in [0.1, 0.15) is 0 Å². The van der Waals surface area contributed by atoms with Crippen LogP contribution < -0.4 is 10.8 Å². The van der Waals surface area contributed by atoms with Crippen LogP contribution in [-0.2, 0) is 14.4 Å². The molecule has 1 rings (SSSR count). The molecule has 0 aromatic rings. The molecule has 1 aliphatic rings.